The molecule has 5 N–H and O–H groups in total. The molecule has 0 bridgehead atoms. The van der Waals surface area contributed by atoms with Gasteiger partial charge in [0.05, 0.1) is 25.4 Å². The molecule has 0 amide bonds. The average Bonchev–Trinajstić information content (AvgIpc) is 3.12. The van der Waals surface area contributed by atoms with Crippen LogP contribution < -0.4 is 5.73 Å². The lowest BCUT2D eigenvalue weighted by Gasteiger charge is -2.20. The number of esters is 2. The van der Waals surface area contributed by atoms with Crippen molar-refractivity contribution in [2.24, 2.45) is 5.73 Å². The first-order valence-corrected chi connectivity index (χ1v) is 21.6. The van der Waals surface area contributed by atoms with Crippen LogP contribution in [0.1, 0.15) is 162 Å². The van der Waals surface area contributed by atoms with Gasteiger partial charge in [0.15, 0.2) is 6.10 Å². The highest BCUT2D eigenvalue weighted by atomic mass is 31.2. The van der Waals surface area contributed by atoms with E-state index in [0.717, 1.165) is 38.5 Å². The summed E-state index contributed by atoms with van der Waals surface area (Å²) in [7, 11) is -4.45. The number of aliphatic hydroxyl groups is 2. The predicted octanol–water partition coefficient (Wildman–Crippen LogP) is 8.94. The number of phosphoric acid groups is 1. The molecule has 0 aromatic rings. The molecule has 0 aromatic heterocycles. The van der Waals surface area contributed by atoms with E-state index in [2.05, 4.69) is 38.2 Å². The Bertz CT molecular complexity index is 989. The number of allylic oxidation sites excluding steroid dienone is 5. The van der Waals surface area contributed by atoms with Crippen molar-refractivity contribution in [3.63, 3.8) is 0 Å². The van der Waals surface area contributed by atoms with Crippen molar-refractivity contribution in [3.8, 4) is 0 Å². The Hall–Kier alpha value is -1.85. The van der Waals surface area contributed by atoms with Gasteiger partial charge in [-0.1, -0.05) is 134 Å². The Morgan fingerprint density at radius 2 is 1.19 bits per heavy atom. The highest BCUT2D eigenvalue weighted by Gasteiger charge is 2.26. The number of rotatable bonds is 37. The summed E-state index contributed by atoms with van der Waals surface area (Å²) in [5.41, 5.74) is 5.32. The maximum Gasteiger partial charge on any atom is 0.472 e. The van der Waals surface area contributed by atoms with E-state index >= 15 is 0 Å². The normalized spacial score (nSPS) is 15.0. The number of unbranched alkanes of at least 4 members (excludes halogenated alkanes) is 14. The Morgan fingerprint density at radius 3 is 1.81 bits per heavy atom. The summed E-state index contributed by atoms with van der Waals surface area (Å²) < 4.78 is 32.5. The molecule has 304 valence electrons. The molecule has 0 saturated heterocycles. The summed E-state index contributed by atoms with van der Waals surface area (Å²) in [5.74, 6) is -1.11. The van der Waals surface area contributed by atoms with Gasteiger partial charge < -0.3 is 30.3 Å². The van der Waals surface area contributed by atoms with Crippen molar-refractivity contribution < 1.29 is 47.8 Å². The van der Waals surface area contributed by atoms with Crippen LogP contribution in [0.25, 0.3) is 0 Å². The maximum atomic E-state index is 12.6. The highest BCUT2D eigenvalue weighted by Crippen LogP contribution is 2.43. The van der Waals surface area contributed by atoms with Gasteiger partial charge in [-0.25, -0.2) is 4.57 Å². The molecule has 0 aliphatic heterocycles. The van der Waals surface area contributed by atoms with Gasteiger partial charge in [-0.15, -0.1) is 0 Å². The molecule has 3 unspecified atom stereocenters. The van der Waals surface area contributed by atoms with E-state index in [-0.39, 0.29) is 51.9 Å². The molecular formula is C40H74NO10P. The highest BCUT2D eigenvalue weighted by molar-refractivity contribution is 7.47. The van der Waals surface area contributed by atoms with Gasteiger partial charge in [0.25, 0.3) is 0 Å². The molecule has 0 saturated carbocycles. The van der Waals surface area contributed by atoms with Crippen LogP contribution in [0.15, 0.2) is 36.5 Å². The van der Waals surface area contributed by atoms with Crippen LogP contribution in [0.3, 0.4) is 0 Å². The summed E-state index contributed by atoms with van der Waals surface area (Å²) in [4.78, 5) is 34.8. The number of aliphatic hydroxyl groups excluding tert-OH is 2. The Balaban J connectivity index is 4.47. The molecule has 0 spiro atoms. The molecule has 0 radical (unpaired) electrons. The molecule has 0 heterocycles. The first-order chi connectivity index (χ1) is 25.1. The first kappa shape index (κ1) is 50.1. The van der Waals surface area contributed by atoms with Crippen LogP contribution in [0.2, 0.25) is 0 Å². The van der Waals surface area contributed by atoms with Crippen LogP contribution in [0.5, 0.6) is 0 Å². The van der Waals surface area contributed by atoms with Gasteiger partial charge in [-0.05, 0) is 51.4 Å². The van der Waals surface area contributed by atoms with Gasteiger partial charge >= 0.3 is 19.8 Å². The fourth-order valence-corrected chi connectivity index (χ4v) is 6.09. The third kappa shape index (κ3) is 34.0. The van der Waals surface area contributed by atoms with Crippen molar-refractivity contribution in [3.05, 3.63) is 36.5 Å². The van der Waals surface area contributed by atoms with E-state index in [1.54, 1.807) is 0 Å². The van der Waals surface area contributed by atoms with Gasteiger partial charge in [-0.3, -0.25) is 18.6 Å². The van der Waals surface area contributed by atoms with Crippen molar-refractivity contribution in [1.82, 2.24) is 0 Å². The number of phosphoric ester groups is 1. The quantitative estimate of drug-likeness (QED) is 0.0206. The Morgan fingerprint density at radius 1 is 0.654 bits per heavy atom. The van der Waals surface area contributed by atoms with E-state index in [1.165, 1.54) is 70.6 Å². The second-order valence-electron chi connectivity index (χ2n) is 13.5. The van der Waals surface area contributed by atoms with Crippen LogP contribution in [-0.2, 0) is 32.7 Å². The minimum Gasteiger partial charge on any atom is -0.462 e. The summed E-state index contributed by atoms with van der Waals surface area (Å²) in [5, 5.41) is 20.7. The lowest BCUT2D eigenvalue weighted by atomic mass is 10.0. The summed E-state index contributed by atoms with van der Waals surface area (Å²) >= 11 is 0. The molecule has 0 aromatic carbocycles. The fraction of sp³-hybridized carbons (Fsp3) is 0.800. The SMILES string of the molecule is CCCCC/C=C\C/C=C\C/C=C\CC(O)C(O)CCCC(=O)O[C@H](COC(=O)CCCCCCCCCCCCCC)COP(=O)(O)OCCN. The summed E-state index contributed by atoms with van der Waals surface area (Å²) in [6.07, 6.45) is 30.6. The lowest BCUT2D eigenvalue weighted by Crippen LogP contribution is -2.30. The largest absolute Gasteiger partial charge is 0.472 e. The summed E-state index contributed by atoms with van der Waals surface area (Å²) in [6.45, 7) is 3.35. The van der Waals surface area contributed by atoms with E-state index in [9.17, 15) is 29.3 Å². The van der Waals surface area contributed by atoms with Crippen molar-refractivity contribution >= 4 is 19.8 Å². The zero-order chi connectivity index (χ0) is 38.5. The van der Waals surface area contributed by atoms with Crippen LogP contribution in [0.4, 0.5) is 0 Å². The smallest absolute Gasteiger partial charge is 0.462 e. The number of nitrogens with two attached hydrogens (primary N) is 1. The van der Waals surface area contributed by atoms with Crippen molar-refractivity contribution in [2.75, 3.05) is 26.4 Å². The fourth-order valence-electron chi connectivity index (χ4n) is 5.32. The molecule has 0 fully saturated rings. The zero-order valence-corrected chi connectivity index (χ0v) is 33.4. The van der Waals surface area contributed by atoms with Crippen LogP contribution in [0, 0.1) is 0 Å². The zero-order valence-electron chi connectivity index (χ0n) is 32.5. The van der Waals surface area contributed by atoms with E-state index in [1.807, 2.05) is 12.2 Å². The van der Waals surface area contributed by atoms with Gasteiger partial charge in [0.1, 0.15) is 6.61 Å². The molecular weight excluding hydrogens is 685 g/mol. The molecule has 4 atom stereocenters. The van der Waals surface area contributed by atoms with Gasteiger partial charge in [-0.2, -0.15) is 0 Å². The molecule has 12 heteroatoms. The Kier molecular flexibility index (Phi) is 34.9. The molecule has 52 heavy (non-hydrogen) atoms. The second-order valence-corrected chi connectivity index (χ2v) is 14.9. The van der Waals surface area contributed by atoms with E-state index < -0.39 is 44.7 Å². The Labute approximate surface area is 315 Å². The second kappa shape index (κ2) is 36.1. The van der Waals surface area contributed by atoms with E-state index in [4.69, 9.17) is 24.3 Å². The maximum absolute atomic E-state index is 12.6. The monoisotopic (exact) mass is 760 g/mol. The molecule has 0 aliphatic rings. The summed E-state index contributed by atoms with van der Waals surface area (Å²) in [6, 6.07) is 0. The van der Waals surface area contributed by atoms with E-state index in [0.29, 0.717) is 6.42 Å². The minimum atomic E-state index is -4.45. The van der Waals surface area contributed by atoms with Crippen molar-refractivity contribution in [2.45, 2.75) is 180 Å². The number of carbonyl (C=O) groups is 2. The lowest BCUT2D eigenvalue weighted by molar-refractivity contribution is -0.161. The molecule has 11 nitrogen and oxygen atoms in total. The van der Waals surface area contributed by atoms with Crippen LogP contribution >= 0.6 is 7.82 Å². The average molecular weight is 760 g/mol. The predicted molar refractivity (Wildman–Crippen MR) is 209 cm³/mol. The number of carbonyl (C=O) groups excluding carboxylic acids is 2. The standard InChI is InChI=1S/C40H74NO10P/c1-3-5-7-9-11-13-15-17-19-21-23-25-28-37(42)38(43)29-27-31-40(45)51-36(35-50-52(46,47)49-33-32-41)34-48-39(44)30-26-24-22-20-18-16-14-12-10-8-6-4-2/h11,13,17,19,23,25,36-38,42-43H,3-10,12,14-16,18,20-22,24,26-35,41H2,1-2H3,(H,46,47)/b13-11-,19-17-,25-23-/t36-,37?,38?/m1/s1. The third-order valence-corrected chi connectivity index (χ3v) is 9.46. The molecule has 0 aliphatic carbocycles. The minimum absolute atomic E-state index is 0.00854. The third-order valence-electron chi connectivity index (χ3n) is 8.48. The number of hydrogen-bond acceptors (Lipinski definition) is 10. The molecule has 0 rings (SSSR count). The van der Waals surface area contributed by atoms with Crippen molar-refractivity contribution in [1.29, 1.82) is 0 Å². The number of ether oxygens (including phenoxy) is 2. The topological polar surface area (TPSA) is 175 Å². The van der Waals surface area contributed by atoms with Gasteiger partial charge in [0.2, 0.25) is 0 Å². The van der Waals surface area contributed by atoms with Crippen LogP contribution in [-0.4, -0.2) is 71.7 Å². The first-order valence-electron chi connectivity index (χ1n) is 20.1. The van der Waals surface area contributed by atoms with Gasteiger partial charge in [0, 0.05) is 19.4 Å². The number of hydrogen-bond donors (Lipinski definition) is 4.